The summed E-state index contributed by atoms with van der Waals surface area (Å²) in [4.78, 5) is 4.43. The number of hydrogen-bond acceptors (Lipinski definition) is 2. The summed E-state index contributed by atoms with van der Waals surface area (Å²) >= 11 is 7.03. The number of pyridine rings is 1. The van der Waals surface area contributed by atoms with Gasteiger partial charge in [0.15, 0.2) is 0 Å². The molecule has 0 aliphatic heterocycles. The highest BCUT2D eigenvalue weighted by molar-refractivity contribution is 9.11. The molecule has 20 heavy (non-hydrogen) atoms. The fourth-order valence-electron chi connectivity index (χ4n) is 2.17. The van der Waals surface area contributed by atoms with E-state index >= 15 is 0 Å². The first-order valence-corrected chi connectivity index (χ1v) is 7.80. The van der Waals surface area contributed by atoms with E-state index in [9.17, 15) is 0 Å². The average molecular weight is 392 g/mol. The van der Waals surface area contributed by atoms with Crippen LogP contribution in [-0.4, -0.2) is 4.98 Å². The lowest BCUT2D eigenvalue weighted by Gasteiger charge is -2.12. The summed E-state index contributed by atoms with van der Waals surface area (Å²) in [5.74, 6) is 0.876. The molecule has 0 atom stereocenters. The topological polar surface area (TPSA) is 24.9 Å². The van der Waals surface area contributed by atoms with Crippen LogP contribution in [0.3, 0.4) is 0 Å². The van der Waals surface area contributed by atoms with Crippen LogP contribution < -0.4 is 5.32 Å². The summed E-state index contributed by atoms with van der Waals surface area (Å²) in [6, 6.07) is 14.5. The van der Waals surface area contributed by atoms with Crippen molar-refractivity contribution in [3.8, 4) is 0 Å². The van der Waals surface area contributed by atoms with Crippen LogP contribution in [0.4, 0.5) is 11.5 Å². The molecule has 0 saturated carbocycles. The number of fused-ring (bicyclic) bond motifs is 1. The molecule has 1 aromatic heterocycles. The normalized spacial score (nSPS) is 10.8. The maximum Gasteiger partial charge on any atom is 0.133 e. The molecule has 0 aliphatic rings. The minimum absolute atomic E-state index is 0.876. The number of aryl methyl sites for hydroxylation is 1. The van der Waals surface area contributed by atoms with Crippen LogP contribution in [0, 0.1) is 6.92 Å². The van der Waals surface area contributed by atoms with Crippen molar-refractivity contribution in [3.05, 3.63) is 63.2 Å². The Morgan fingerprint density at radius 2 is 1.75 bits per heavy atom. The van der Waals surface area contributed by atoms with Crippen molar-refractivity contribution in [3.63, 3.8) is 0 Å². The third-order valence-corrected chi connectivity index (χ3v) is 4.29. The second-order valence-electron chi connectivity index (χ2n) is 4.58. The molecule has 0 bridgehead atoms. The predicted octanol–water partition coefficient (Wildman–Crippen LogP) is 5.81. The number of halogens is 2. The Morgan fingerprint density at radius 1 is 1.00 bits per heavy atom. The second-order valence-corrected chi connectivity index (χ2v) is 6.35. The summed E-state index contributed by atoms with van der Waals surface area (Å²) in [7, 11) is 0. The van der Waals surface area contributed by atoms with Crippen molar-refractivity contribution in [1.29, 1.82) is 0 Å². The zero-order valence-electron chi connectivity index (χ0n) is 10.8. The molecule has 0 radical (unpaired) electrons. The van der Waals surface area contributed by atoms with Gasteiger partial charge in [0.25, 0.3) is 0 Å². The molecule has 1 N–H and O–H groups in total. The van der Waals surface area contributed by atoms with E-state index in [1.54, 1.807) is 6.20 Å². The molecule has 0 saturated heterocycles. The lowest BCUT2D eigenvalue weighted by molar-refractivity contribution is 1.24. The van der Waals surface area contributed by atoms with Crippen LogP contribution in [0.1, 0.15) is 5.56 Å². The Bertz CT molecular complexity index is 785. The first-order valence-electron chi connectivity index (χ1n) is 6.21. The molecule has 2 aromatic carbocycles. The zero-order chi connectivity index (χ0) is 14.1. The summed E-state index contributed by atoms with van der Waals surface area (Å²) in [5, 5.41) is 5.78. The minimum Gasteiger partial charge on any atom is -0.340 e. The van der Waals surface area contributed by atoms with Crippen LogP contribution in [-0.2, 0) is 0 Å². The van der Waals surface area contributed by atoms with Gasteiger partial charge in [-0.3, -0.25) is 0 Å². The van der Waals surface area contributed by atoms with Gasteiger partial charge in [0.05, 0.1) is 0 Å². The Kier molecular flexibility index (Phi) is 3.76. The molecule has 3 rings (SSSR count). The Hall–Kier alpha value is -1.39. The lowest BCUT2D eigenvalue weighted by atomic mass is 10.1. The minimum atomic E-state index is 0.876. The molecule has 0 aliphatic carbocycles. The Balaban J connectivity index is 2.09. The molecular formula is C16H12Br2N2. The number of rotatable bonds is 2. The van der Waals surface area contributed by atoms with Gasteiger partial charge >= 0.3 is 0 Å². The van der Waals surface area contributed by atoms with Crippen molar-refractivity contribution < 1.29 is 0 Å². The maximum absolute atomic E-state index is 4.43. The van der Waals surface area contributed by atoms with E-state index in [0.717, 1.165) is 26.0 Å². The van der Waals surface area contributed by atoms with Crippen LogP contribution in [0.5, 0.6) is 0 Å². The third-order valence-electron chi connectivity index (χ3n) is 3.17. The van der Waals surface area contributed by atoms with Gasteiger partial charge in [-0.25, -0.2) is 4.98 Å². The molecule has 4 heteroatoms. The molecule has 2 nitrogen and oxygen atoms in total. The SMILES string of the molecule is Cc1cc(Br)cnc1Nc1ccc(Br)c2ccccc12. The quantitative estimate of drug-likeness (QED) is 0.595. The highest BCUT2D eigenvalue weighted by Gasteiger charge is 2.06. The first kappa shape index (κ1) is 13.6. The average Bonchev–Trinajstić information content (AvgIpc) is 2.45. The number of aromatic nitrogens is 1. The van der Waals surface area contributed by atoms with E-state index in [2.05, 4.69) is 72.5 Å². The number of benzene rings is 2. The largest absolute Gasteiger partial charge is 0.340 e. The molecule has 0 unspecified atom stereocenters. The standard InChI is InChI=1S/C16H12Br2N2/c1-10-8-11(17)9-19-16(10)20-15-7-6-14(18)12-4-2-3-5-13(12)15/h2-9H,1H3,(H,19,20). The van der Waals surface area contributed by atoms with Crippen molar-refractivity contribution in [2.75, 3.05) is 5.32 Å². The van der Waals surface area contributed by atoms with E-state index in [1.807, 2.05) is 19.1 Å². The van der Waals surface area contributed by atoms with Crippen molar-refractivity contribution in [1.82, 2.24) is 4.98 Å². The smallest absolute Gasteiger partial charge is 0.133 e. The third kappa shape index (κ3) is 2.58. The van der Waals surface area contributed by atoms with Crippen LogP contribution in [0.15, 0.2) is 57.6 Å². The molecule has 3 aromatic rings. The van der Waals surface area contributed by atoms with E-state index in [1.165, 1.54) is 10.8 Å². The molecule has 100 valence electrons. The van der Waals surface area contributed by atoms with E-state index in [-0.39, 0.29) is 0 Å². The molecule has 0 amide bonds. The number of nitrogens with one attached hydrogen (secondary N) is 1. The summed E-state index contributed by atoms with van der Waals surface area (Å²) in [5.41, 5.74) is 2.16. The number of anilines is 2. The second kappa shape index (κ2) is 5.54. The van der Waals surface area contributed by atoms with Gasteiger partial charge in [0.2, 0.25) is 0 Å². The summed E-state index contributed by atoms with van der Waals surface area (Å²) in [6.45, 7) is 2.04. The molecule has 0 fully saturated rings. The van der Waals surface area contributed by atoms with E-state index in [4.69, 9.17) is 0 Å². The van der Waals surface area contributed by atoms with Crippen LogP contribution in [0.2, 0.25) is 0 Å². The summed E-state index contributed by atoms with van der Waals surface area (Å²) in [6.07, 6.45) is 1.80. The number of nitrogens with zero attached hydrogens (tertiary/aromatic N) is 1. The van der Waals surface area contributed by atoms with Crippen LogP contribution >= 0.6 is 31.9 Å². The fraction of sp³-hybridized carbons (Fsp3) is 0.0625. The van der Waals surface area contributed by atoms with Gasteiger partial charge in [0, 0.05) is 26.2 Å². The predicted molar refractivity (Wildman–Crippen MR) is 91.6 cm³/mol. The van der Waals surface area contributed by atoms with Gasteiger partial charge in [0.1, 0.15) is 5.82 Å². The van der Waals surface area contributed by atoms with Gasteiger partial charge in [-0.05, 0) is 52.0 Å². The van der Waals surface area contributed by atoms with Gasteiger partial charge in [-0.1, -0.05) is 40.2 Å². The number of hydrogen-bond donors (Lipinski definition) is 1. The fourth-order valence-corrected chi connectivity index (χ4v) is 3.09. The van der Waals surface area contributed by atoms with Gasteiger partial charge < -0.3 is 5.32 Å². The van der Waals surface area contributed by atoms with Crippen molar-refractivity contribution in [2.24, 2.45) is 0 Å². The monoisotopic (exact) mass is 390 g/mol. The highest BCUT2D eigenvalue weighted by atomic mass is 79.9. The highest BCUT2D eigenvalue weighted by Crippen LogP contribution is 2.32. The molecule has 0 spiro atoms. The van der Waals surface area contributed by atoms with Crippen LogP contribution in [0.25, 0.3) is 10.8 Å². The molecular weight excluding hydrogens is 380 g/mol. The lowest BCUT2D eigenvalue weighted by Crippen LogP contribution is -1.97. The Labute approximate surface area is 134 Å². The van der Waals surface area contributed by atoms with E-state index < -0.39 is 0 Å². The molecule has 1 heterocycles. The first-order chi connectivity index (χ1) is 9.65. The summed E-state index contributed by atoms with van der Waals surface area (Å²) < 4.78 is 2.08. The van der Waals surface area contributed by atoms with Gasteiger partial charge in [-0.15, -0.1) is 0 Å². The van der Waals surface area contributed by atoms with Gasteiger partial charge in [-0.2, -0.15) is 0 Å². The van der Waals surface area contributed by atoms with E-state index in [0.29, 0.717) is 0 Å². The Morgan fingerprint density at radius 3 is 2.50 bits per heavy atom. The van der Waals surface area contributed by atoms with Crippen molar-refractivity contribution >= 4 is 54.1 Å². The zero-order valence-corrected chi connectivity index (χ0v) is 14.0. The van der Waals surface area contributed by atoms with Crippen molar-refractivity contribution in [2.45, 2.75) is 6.92 Å². The maximum atomic E-state index is 4.43.